The van der Waals surface area contributed by atoms with Crippen molar-refractivity contribution in [2.45, 2.75) is 18.4 Å². The number of sulfonamides is 1. The number of benzene rings is 1. The molecular formula is C21H22N6O3S. The summed E-state index contributed by atoms with van der Waals surface area (Å²) in [5.41, 5.74) is 2.65. The van der Waals surface area contributed by atoms with Crippen molar-refractivity contribution in [3.05, 3.63) is 60.2 Å². The highest BCUT2D eigenvalue weighted by atomic mass is 32.2. The van der Waals surface area contributed by atoms with Gasteiger partial charge in [0.1, 0.15) is 10.5 Å². The van der Waals surface area contributed by atoms with Crippen LogP contribution in [0.25, 0.3) is 22.4 Å². The molecular weight excluding hydrogens is 416 g/mol. The Morgan fingerprint density at radius 2 is 1.87 bits per heavy atom. The fourth-order valence-electron chi connectivity index (χ4n) is 3.74. The summed E-state index contributed by atoms with van der Waals surface area (Å²) >= 11 is 0. The molecule has 0 radical (unpaired) electrons. The van der Waals surface area contributed by atoms with Crippen LogP contribution in [0.15, 0.2) is 58.2 Å². The third kappa shape index (κ3) is 3.85. The summed E-state index contributed by atoms with van der Waals surface area (Å²) in [4.78, 5) is 14.0. The summed E-state index contributed by atoms with van der Waals surface area (Å²) in [6.45, 7) is 4.48. The maximum absolute atomic E-state index is 13.1. The van der Waals surface area contributed by atoms with Gasteiger partial charge in [0.15, 0.2) is 0 Å². The summed E-state index contributed by atoms with van der Waals surface area (Å²) in [5.74, 6) is 1.08. The number of aromatic nitrogens is 4. The van der Waals surface area contributed by atoms with Gasteiger partial charge in [0.2, 0.25) is 21.7 Å². The van der Waals surface area contributed by atoms with E-state index in [1.54, 1.807) is 18.3 Å². The Balaban J connectivity index is 1.24. The van der Waals surface area contributed by atoms with Gasteiger partial charge in [0, 0.05) is 49.5 Å². The van der Waals surface area contributed by atoms with E-state index < -0.39 is 10.0 Å². The van der Waals surface area contributed by atoms with Gasteiger partial charge in [-0.1, -0.05) is 35.0 Å². The molecule has 4 heterocycles. The van der Waals surface area contributed by atoms with Crippen molar-refractivity contribution in [3.8, 4) is 11.4 Å². The first kappa shape index (κ1) is 19.9. The van der Waals surface area contributed by atoms with Crippen LogP contribution in [0.4, 0.5) is 0 Å². The van der Waals surface area contributed by atoms with Crippen molar-refractivity contribution in [2.24, 2.45) is 0 Å². The number of aromatic amines is 1. The third-order valence-corrected chi connectivity index (χ3v) is 7.44. The Morgan fingerprint density at radius 3 is 2.65 bits per heavy atom. The molecule has 1 N–H and O–H groups in total. The smallest absolute Gasteiger partial charge is 0.245 e. The number of aryl methyl sites for hydroxylation is 1. The first-order valence-electron chi connectivity index (χ1n) is 10.0. The molecule has 0 atom stereocenters. The standard InChI is InChI=1S/C21H22N6O3S/c1-15-4-6-16(7-5-15)20-24-19(30-25-20)14-26-9-11-27(12-10-26)31(28,29)18-13-23-21-17(18)3-2-8-22-21/h2-8,13H,9-12,14H2,1H3,(H,22,23). The highest BCUT2D eigenvalue weighted by Crippen LogP contribution is 2.25. The van der Waals surface area contributed by atoms with Gasteiger partial charge in [-0.3, -0.25) is 4.90 Å². The number of hydrogen-bond donors (Lipinski definition) is 1. The van der Waals surface area contributed by atoms with Crippen LogP contribution in [-0.2, 0) is 16.6 Å². The summed E-state index contributed by atoms with van der Waals surface area (Å²) < 4.78 is 33.2. The lowest BCUT2D eigenvalue weighted by Crippen LogP contribution is -2.48. The molecule has 9 nitrogen and oxygen atoms in total. The molecule has 0 aliphatic carbocycles. The highest BCUT2D eigenvalue weighted by molar-refractivity contribution is 7.89. The van der Waals surface area contributed by atoms with Gasteiger partial charge < -0.3 is 9.51 Å². The van der Waals surface area contributed by atoms with Gasteiger partial charge in [-0.15, -0.1) is 0 Å². The monoisotopic (exact) mass is 438 g/mol. The summed E-state index contributed by atoms with van der Waals surface area (Å²) in [5, 5.41) is 4.68. The fraction of sp³-hybridized carbons (Fsp3) is 0.286. The Bertz CT molecular complexity index is 1300. The van der Waals surface area contributed by atoms with Crippen molar-refractivity contribution in [1.82, 2.24) is 29.3 Å². The molecule has 0 unspecified atom stereocenters. The Labute approximate surface area is 179 Å². The van der Waals surface area contributed by atoms with Crippen molar-refractivity contribution in [3.63, 3.8) is 0 Å². The van der Waals surface area contributed by atoms with Crippen molar-refractivity contribution in [2.75, 3.05) is 26.2 Å². The lowest BCUT2D eigenvalue weighted by Gasteiger charge is -2.32. The van der Waals surface area contributed by atoms with Gasteiger partial charge in [0.05, 0.1) is 6.54 Å². The molecule has 0 spiro atoms. The van der Waals surface area contributed by atoms with E-state index in [1.165, 1.54) is 16.1 Å². The molecule has 0 saturated carbocycles. The van der Waals surface area contributed by atoms with Crippen molar-refractivity contribution >= 4 is 21.1 Å². The van der Waals surface area contributed by atoms with Gasteiger partial charge in [0.25, 0.3) is 0 Å². The van der Waals surface area contributed by atoms with Crippen LogP contribution < -0.4 is 0 Å². The molecule has 4 aromatic rings. The highest BCUT2D eigenvalue weighted by Gasteiger charge is 2.31. The van der Waals surface area contributed by atoms with E-state index in [9.17, 15) is 8.42 Å². The quantitative estimate of drug-likeness (QED) is 0.510. The number of hydrogen-bond acceptors (Lipinski definition) is 7. The molecule has 5 rings (SSSR count). The average Bonchev–Trinajstić information content (AvgIpc) is 3.42. The summed E-state index contributed by atoms with van der Waals surface area (Å²) in [6.07, 6.45) is 3.15. The van der Waals surface area contributed by atoms with E-state index in [2.05, 4.69) is 25.0 Å². The normalized spacial score (nSPS) is 16.2. The first-order chi connectivity index (χ1) is 15.0. The summed E-state index contributed by atoms with van der Waals surface area (Å²) in [7, 11) is -3.59. The maximum atomic E-state index is 13.1. The van der Waals surface area contributed by atoms with E-state index >= 15 is 0 Å². The van der Waals surface area contributed by atoms with Gasteiger partial charge in [-0.2, -0.15) is 9.29 Å². The molecule has 1 aliphatic rings. The largest absolute Gasteiger partial charge is 0.345 e. The average molecular weight is 439 g/mol. The molecule has 10 heteroatoms. The van der Waals surface area contributed by atoms with Crippen LogP contribution in [0.3, 0.4) is 0 Å². The molecule has 0 amide bonds. The van der Waals surface area contributed by atoms with Crippen LogP contribution in [0, 0.1) is 6.92 Å². The van der Waals surface area contributed by atoms with Crippen LogP contribution in [-0.4, -0.2) is 63.9 Å². The Morgan fingerprint density at radius 1 is 1.10 bits per heavy atom. The van der Waals surface area contributed by atoms with Crippen LogP contribution in [0.5, 0.6) is 0 Å². The number of fused-ring (bicyclic) bond motifs is 1. The second kappa shape index (κ2) is 7.88. The van der Waals surface area contributed by atoms with Gasteiger partial charge in [-0.25, -0.2) is 13.4 Å². The molecule has 1 fully saturated rings. The summed E-state index contributed by atoms with van der Waals surface area (Å²) in [6, 6.07) is 11.5. The van der Waals surface area contributed by atoms with Gasteiger partial charge in [-0.05, 0) is 19.1 Å². The van der Waals surface area contributed by atoms with E-state index in [0.29, 0.717) is 55.5 Å². The minimum Gasteiger partial charge on any atom is -0.345 e. The number of H-pyrrole nitrogens is 1. The van der Waals surface area contributed by atoms with Crippen LogP contribution in [0.2, 0.25) is 0 Å². The lowest BCUT2D eigenvalue weighted by molar-refractivity contribution is 0.163. The zero-order valence-electron chi connectivity index (χ0n) is 17.0. The van der Waals surface area contributed by atoms with E-state index in [1.807, 2.05) is 31.2 Å². The first-order valence-corrected chi connectivity index (χ1v) is 11.5. The van der Waals surface area contributed by atoms with E-state index in [4.69, 9.17) is 4.52 Å². The molecule has 1 saturated heterocycles. The Hall–Kier alpha value is -3.08. The zero-order chi connectivity index (χ0) is 21.4. The number of rotatable bonds is 5. The molecule has 160 valence electrons. The van der Waals surface area contributed by atoms with E-state index in [0.717, 1.165) is 5.56 Å². The van der Waals surface area contributed by atoms with Crippen molar-refractivity contribution in [1.29, 1.82) is 0 Å². The molecule has 3 aromatic heterocycles. The Kier molecular flexibility index (Phi) is 5.05. The minimum atomic E-state index is -3.59. The predicted molar refractivity (Wildman–Crippen MR) is 115 cm³/mol. The topological polar surface area (TPSA) is 108 Å². The second-order valence-electron chi connectivity index (χ2n) is 7.61. The molecule has 1 aliphatic heterocycles. The lowest BCUT2D eigenvalue weighted by atomic mass is 10.1. The number of nitrogens with one attached hydrogen (secondary N) is 1. The fourth-order valence-corrected chi connectivity index (χ4v) is 5.31. The third-order valence-electron chi connectivity index (χ3n) is 5.50. The maximum Gasteiger partial charge on any atom is 0.245 e. The minimum absolute atomic E-state index is 0.267. The number of pyridine rings is 1. The van der Waals surface area contributed by atoms with Crippen molar-refractivity contribution < 1.29 is 12.9 Å². The molecule has 0 bridgehead atoms. The number of piperazine rings is 1. The van der Waals surface area contributed by atoms with Gasteiger partial charge >= 0.3 is 0 Å². The van der Waals surface area contributed by atoms with Crippen LogP contribution in [0.1, 0.15) is 11.5 Å². The molecule has 31 heavy (non-hydrogen) atoms. The second-order valence-corrected chi connectivity index (χ2v) is 9.52. The number of nitrogens with zero attached hydrogens (tertiary/aromatic N) is 5. The SMILES string of the molecule is Cc1ccc(-c2noc(CN3CCN(S(=O)(=O)c4c[nH]c5ncccc45)CC3)n2)cc1. The van der Waals surface area contributed by atoms with Crippen LogP contribution >= 0.6 is 0 Å². The zero-order valence-corrected chi connectivity index (χ0v) is 17.8. The molecule has 1 aromatic carbocycles. The van der Waals surface area contributed by atoms with E-state index in [-0.39, 0.29) is 4.90 Å². The predicted octanol–water partition coefficient (Wildman–Crippen LogP) is 2.43.